The van der Waals surface area contributed by atoms with Crippen molar-refractivity contribution in [1.29, 1.82) is 0 Å². The van der Waals surface area contributed by atoms with Gasteiger partial charge < -0.3 is 19.7 Å². The van der Waals surface area contributed by atoms with Gasteiger partial charge in [0.25, 0.3) is 0 Å². The minimum absolute atomic E-state index is 0.0875. The lowest BCUT2D eigenvalue weighted by molar-refractivity contribution is -0.139. The zero-order valence-corrected chi connectivity index (χ0v) is 23.5. The first-order valence-electron chi connectivity index (χ1n) is 13.1. The van der Waals surface area contributed by atoms with E-state index in [1.165, 1.54) is 0 Å². The first kappa shape index (κ1) is 29.1. The molecule has 0 radical (unpaired) electrons. The summed E-state index contributed by atoms with van der Waals surface area (Å²) < 4.78 is 11.4. The third kappa shape index (κ3) is 8.27. The van der Waals surface area contributed by atoms with Crippen LogP contribution in [0, 0.1) is 5.92 Å². The lowest BCUT2D eigenvalue weighted by Crippen LogP contribution is -2.48. The van der Waals surface area contributed by atoms with Crippen molar-refractivity contribution in [2.75, 3.05) is 26.1 Å². The lowest BCUT2D eigenvalue weighted by Gasteiger charge is -2.34. The van der Waals surface area contributed by atoms with Crippen molar-refractivity contribution in [2.24, 2.45) is 5.92 Å². The monoisotopic (exact) mass is 548 g/mol. The Balaban J connectivity index is 1.93. The molecule has 2 amide bonds. The number of carbonyl (C=O) groups is 2. The molecule has 37 heavy (non-hydrogen) atoms. The molecule has 1 aliphatic rings. The molecular formula is C29H38Cl2N2O4. The summed E-state index contributed by atoms with van der Waals surface area (Å²) in [5.41, 5.74) is 1.66. The maximum atomic E-state index is 13.8. The van der Waals surface area contributed by atoms with E-state index in [9.17, 15) is 9.59 Å². The number of hydrogen-bond acceptors (Lipinski definition) is 4. The molecule has 1 aliphatic carbocycles. The number of methoxy groups -OCH3 is 1. The van der Waals surface area contributed by atoms with Crippen LogP contribution in [-0.4, -0.2) is 48.9 Å². The van der Waals surface area contributed by atoms with Crippen molar-refractivity contribution in [3.05, 3.63) is 58.6 Å². The fourth-order valence-corrected chi connectivity index (χ4v) is 5.00. The topological polar surface area (TPSA) is 67.9 Å². The molecule has 6 nitrogen and oxygen atoms in total. The maximum absolute atomic E-state index is 13.8. The van der Waals surface area contributed by atoms with E-state index >= 15 is 0 Å². The maximum Gasteiger partial charge on any atom is 0.247 e. The molecule has 0 aliphatic heterocycles. The Morgan fingerprint density at radius 1 is 1.08 bits per heavy atom. The minimum Gasteiger partial charge on any atom is -0.493 e. The van der Waals surface area contributed by atoms with E-state index in [1.807, 2.05) is 37.3 Å². The van der Waals surface area contributed by atoms with Crippen LogP contribution >= 0.6 is 23.2 Å². The molecule has 0 saturated heterocycles. The van der Waals surface area contributed by atoms with E-state index in [1.54, 1.807) is 24.1 Å². The standard InChI is InChI=1S/C29H38Cl2N2O4/c1-4-17-37-25-14-9-22(18-26(25)36-3)28(29(35)32-24-12-5-20(2)6-13-24)33(27(34)19-30)16-15-21-7-10-23(31)11-8-21/h7-11,14,18,20,24,28H,4-6,12-13,15-17,19H2,1-3H3,(H,32,35). The van der Waals surface area contributed by atoms with Crippen LogP contribution in [-0.2, 0) is 16.0 Å². The third-order valence-electron chi connectivity index (χ3n) is 6.88. The number of carbonyl (C=O) groups excluding carboxylic acids is 2. The van der Waals surface area contributed by atoms with Crippen molar-refractivity contribution in [3.63, 3.8) is 0 Å². The zero-order valence-electron chi connectivity index (χ0n) is 22.0. The van der Waals surface area contributed by atoms with E-state index in [4.69, 9.17) is 32.7 Å². The number of alkyl halides is 1. The summed E-state index contributed by atoms with van der Waals surface area (Å²) in [6.07, 6.45) is 5.43. The molecule has 0 aromatic heterocycles. The summed E-state index contributed by atoms with van der Waals surface area (Å²) in [5, 5.41) is 3.87. The van der Waals surface area contributed by atoms with Gasteiger partial charge >= 0.3 is 0 Å². The Hall–Kier alpha value is -2.44. The van der Waals surface area contributed by atoms with Gasteiger partial charge in [0.1, 0.15) is 11.9 Å². The Bertz CT molecular complexity index is 1020. The number of benzene rings is 2. The molecule has 0 bridgehead atoms. The van der Waals surface area contributed by atoms with Gasteiger partial charge in [0.05, 0.1) is 13.7 Å². The van der Waals surface area contributed by atoms with Crippen molar-refractivity contribution < 1.29 is 19.1 Å². The first-order valence-corrected chi connectivity index (χ1v) is 14.0. The summed E-state index contributed by atoms with van der Waals surface area (Å²) in [6, 6.07) is 12.1. The fourth-order valence-electron chi connectivity index (χ4n) is 4.72. The number of amides is 2. The average molecular weight is 550 g/mol. The smallest absolute Gasteiger partial charge is 0.247 e. The van der Waals surface area contributed by atoms with Crippen LogP contribution < -0.4 is 14.8 Å². The average Bonchev–Trinajstić information content (AvgIpc) is 2.91. The SMILES string of the molecule is CCCOc1ccc(C(C(=O)NC2CCC(C)CC2)N(CCc2ccc(Cl)cc2)C(=O)CCl)cc1OC. The highest BCUT2D eigenvalue weighted by Crippen LogP contribution is 2.33. The third-order valence-corrected chi connectivity index (χ3v) is 7.36. The Labute approximate surface area is 230 Å². The van der Waals surface area contributed by atoms with Gasteiger partial charge in [-0.05, 0) is 79.8 Å². The normalized spacial score (nSPS) is 18.1. The zero-order chi connectivity index (χ0) is 26.8. The first-order chi connectivity index (χ1) is 17.9. The van der Waals surface area contributed by atoms with Crippen molar-refractivity contribution in [3.8, 4) is 11.5 Å². The minimum atomic E-state index is -0.855. The number of ether oxygens (including phenoxy) is 2. The highest BCUT2D eigenvalue weighted by Gasteiger charge is 2.33. The summed E-state index contributed by atoms with van der Waals surface area (Å²) in [6.45, 7) is 5.15. The molecule has 1 unspecified atom stereocenters. The molecule has 8 heteroatoms. The number of rotatable bonds is 12. The molecule has 3 rings (SSSR count). The predicted octanol–water partition coefficient (Wildman–Crippen LogP) is 6.18. The second-order valence-corrected chi connectivity index (χ2v) is 10.4. The summed E-state index contributed by atoms with van der Waals surface area (Å²) in [4.78, 5) is 28.5. The number of nitrogens with zero attached hydrogens (tertiary/aromatic N) is 1. The van der Waals surface area contributed by atoms with Crippen molar-refractivity contribution in [2.45, 2.75) is 64.5 Å². The molecule has 202 valence electrons. The van der Waals surface area contributed by atoms with Crippen LogP contribution in [0.1, 0.15) is 63.1 Å². The van der Waals surface area contributed by atoms with Crippen LogP contribution in [0.4, 0.5) is 0 Å². The van der Waals surface area contributed by atoms with Gasteiger partial charge in [0.2, 0.25) is 11.8 Å². The van der Waals surface area contributed by atoms with Gasteiger partial charge in [-0.1, -0.05) is 43.6 Å². The van der Waals surface area contributed by atoms with Crippen LogP contribution in [0.2, 0.25) is 5.02 Å². The number of halogens is 2. The van der Waals surface area contributed by atoms with Crippen LogP contribution in [0.5, 0.6) is 11.5 Å². The van der Waals surface area contributed by atoms with E-state index < -0.39 is 6.04 Å². The van der Waals surface area contributed by atoms with Gasteiger partial charge in [0, 0.05) is 17.6 Å². The second kappa shape index (κ2) is 14.5. The largest absolute Gasteiger partial charge is 0.493 e. The number of hydrogen-bond donors (Lipinski definition) is 1. The van der Waals surface area contributed by atoms with Crippen LogP contribution in [0.15, 0.2) is 42.5 Å². The predicted molar refractivity (Wildman–Crippen MR) is 149 cm³/mol. The number of nitrogens with one attached hydrogen (secondary N) is 1. The summed E-state index contributed by atoms with van der Waals surface area (Å²) in [5.74, 6) is 1.05. The van der Waals surface area contributed by atoms with Crippen molar-refractivity contribution >= 4 is 35.0 Å². The molecule has 1 fully saturated rings. The second-order valence-electron chi connectivity index (χ2n) is 9.72. The van der Waals surface area contributed by atoms with Crippen LogP contribution in [0.3, 0.4) is 0 Å². The van der Waals surface area contributed by atoms with Gasteiger partial charge in [-0.3, -0.25) is 9.59 Å². The fraction of sp³-hybridized carbons (Fsp3) is 0.517. The lowest BCUT2D eigenvalue weighted by atomic mass is 9.87. The summed E-state index contributed by atoms with van der Waals surface area (Å²) in [7, 11) is 1.57. The van der Waals surface area contributed by atoms with Crippen LogP contribution in [0.25, 0.3) is 0 Å². The van der Waals surface area contributed by atoms with Gasteiger partial charge in [-0.2, -0.15) is 0 Å². The molecule has 0 spiro atoms. The molecule has 1 atom stereocenters. The Morgan fingerprint density at radius 2 is 1.78 bits per heavy atom. The highest BCUT2D eigenvalue weighted by molar-refractivity contribution is 6.30. The molecular weight excluding hydrogens is 511 g/mol. The van der Waals surface area contributed by atoms with E-state index in [0.717, 1.165) is 37.7 Å². The van der Waals surface area contributed by atoms with Gasteiger partial charge in [-0.25, -0.2) is 0 Å². The molecule has 1 N–H and O–H groups in total. The molecule has 1 saturated carbocycles. The quantitative estimate of drug-likeness (QED) is 0.321. The van der Waals surface area contributed by atoms with Gasteiger partial charge in [-0.15, -0.1) is 11.6 Å². The summed E-state index contributed by atoms with van der Waals surface area (Å²) >= 11 is 12.1. The van der Waals surface area contributed by atoms with Gasteiger partial charge in [0.15, 0.2) is 11.5 Å². The Morgan fingerprint density at radius 3 is 2.41 bits per heavy atom. The van der Waals surface area contributed by atoms with E-state index in [-0.39, 0.29) is 23.7 Å². The molecule has 0 heterocycles. The molecule has 2 aromatic carbocycles. The van der Waals surface area contributed by atoms with Crippen molar-refractivity contribution in [1.82, 2.24) is 10.2 Å². The Kier molecular flexibility index (Phi) is 11.4. The highest BCUT2D eigenvalue weighted by atomic mass is 35.5. The van der Waals surface area contributed by atoms with E-state index in [2.05, 4.69) is 12.2 Å². The molecule has 2 aromatic rings. The van der Waals surface area contributed by atoms with E-state index in [0.29, 0.717) is 47.6 Å².